The van der Waals surface area contributed by atoms with Gasteiger partial charge in [0.05, 0.1) is 16.6 Å². The summed E-state index contributed by atoms with van der Waals surface area (Å²) in [5.74, 6) is 1.47. The smallest absolute Gasteiger partial charge is 0.248 e. The van der Waals surface area contributed by atoms with Crippen LogP contribution in [0.1, 0.15) is 11.7 Å². The molecule has 24 heavy (non-hydrogen) atoms. The number of fused-ring (bicyclic) bond motifs is 1. The van der Waals surface area contributed by atoms with Crippen molar-refractivity contribution in [2.24, 2.45) is 0 Å². The van der Waals surface area contributed by atoms with Gasteiger partial charge in [0, 0.05) is 4.47 Å². The van der Waals surface area contributed by atoms with E-state index in [0.29, 0.717) is 24.2 Å². The van der Waals surface area contributed by atoms with E-state index in [1.54, 1.807) is 0 Å². The number of aromatic nitrogens is 4. The highest BCUT2D eigenvalue weighted by Crippen LogP contribution is 2.27. The van der Waals surface area contributed by atoms with Gasteiger partial charge in [0.15, 0.2) is 0 Å². The van der Waals surface area contributed by atoms with Crippen molar-refractivity contribution in [1.82, 2.24) is 19.7 Å². The van der Waals surface area contributed by atoms with Crippen LogP contribution in [-0.2, 0) is 13.2 Å². The largest absolute Gasteiger partial charge is 0.419 e. The molecule has 6 nitrogen and oxygen atoms in total. The molecule has 0 aliphatic heterocycles. The quantitative estimate of drug-likeness (QED) is 0.583. The van der Waals surface area contributed by atoms with Crippen LogP contribution in [0.5, 0.6) is 0 Å². The van der Waals surface area contributed by atoms with E-state index in [2.05, 4.69) is 31.1 Å². The minimum Gasteiger partial charge on any atom is -0.419 e. The average molecular weight is 385 g/mol. The molecule has 120 valence electrons. The van der Waals surface area contributed by atoms with Crippen molar-refractivity contribution in [3.63, 3.8) is 0 Å². The number of aliphatic hydroxyl groups excluding tert-OH is 1. The summed E-state index contributed by atoms with van der Waals surface area (Å²) in [6, 6.07) is 15.4. The molecule has 0 amide bonds. The van der Waals surface area contributed by atoms with Crippen molar-refractivity contribution in [3.8, 4) is 11.5 Å². The summed E-state index contributed by atoms with van der Waals surface area (Å²) in [7, 11) is 0. The number of aliphatic hydroxyl groups is 1. The van der Waals surface area contributed by atoms with Crippen LogP contribution in [0.4, 0.5) is 0 Å². The van der Waals surface area contributed by atoms with Gasteiger partial charge in [-0.15, -0.1) is 10.2 Å². The Labute approximate surface area is 145 Å². The van der Waals surface area contributed by atoms with Crippen molar-refractivity contribution >= 4 is 27.0 Å². The van der Waals surface area contributed by atoms with Gasteiger partial charge in [0.2, 0.25) is 11.8 Å². The zero-order chi connectivity index (χ0) is 16.5. The molecule has 0 radical (unpaired) electrons. The first-order chi connectivity index (χ1) is 11.8. The van der Waals surface area contributed by atoms with Crippen molar-refractivity contribution in [2.75, 3.05) is 0 Å². The fourth-order valence-corrected chi connectivity index (χ4v) is 3.07. The second-order valence-corrected chi connectivity index (χ2v) is 6.10. The number of halogens is 1. The third kappa shape index (κ3) is 2.61. The van der Waals surface area contributed by atoms with Crippen LogP contribution in [0.15, 0.2) is 57.4 Å². The predicted molar refractivity (Wildman–Crippen MR) is 92.2 cm³/mol. The van der Waals surface area contributed by atoms with E-state index in [0.717, 1.165) is 21.1 Å². The standard InChI is InChI=1S/C17H13BrN4O2/c18-12-6-2-1-5-11(12)17-21-20-16(24-17)9-22-14-8-4-3-7-13(14)19-15(22)10-23/h1-8,23H,9-10H2. The van der Waals surface area contributed by atoms with E-state index in [1.165, 1.54) is 0 Å². The van der Waals surface area contributed by atoms with Gasteiger partial charge in [0.1, 0.15) is 19.0 Å². The number of para-hydroxylation sites is 2. The molecule has 1 N–H and O–H groups in total. The number of imidazole rings is 1. The molecule has 4 aromatic rings. The lowest BCUT2D eigenvalue weighted by molar-refractivity contribution is 0.266. The van der Waals surface area contributed by atoms with Gasteiger partial charge >= 0.3 is 0 Å². The zero-order valence-electron chi connectivity index (χ0n) is 12.6. The third-order valence-corrected chi connectivity index (χ3v) is 4.43. The molecule has 0 saturated heterocycles. The topological polar surface area (TPSA) is 77.0 Å². The summed E-state index contributed by atoms with van der Waals surface area (Å²) in [6.45, 7) is 0.202. The van der Waals surface area contributed by atoms with Crippen molar-refractivity contribution in [1.29, 1.82) is 0 Å². The second kappa shape index (κ2) is 6.18. The maximum atomic E-state index is 9.56. The highest BCUT2D eigenvalue weighted by molar-refractivity contribution is 9.10. The number of hydrogen-bond donors (Lipinski definition) is 1. The molecule has 0 spiro atoms. The van der Waals surface area contributed by atoms with Gasteiger partial charge in [-0.25, -0.2) is 4.98 Å². The van der Waals surface area contributed by atoms with Gasteiger partial charge in [-0.2, -0.15) is 0 Å². The Balaban J connectivity index is 1.71. The van der Waals surface area contributed by atoms with Crippen LogP contribution in [0.25, 0.3) is 22.5 Å². The van der Waals surface area contributed by atoms with Gasteiger partial charge in [-0.3, -0.25) is 0 Å². The fraction of sp³-hybridized carbons (Fsp3) is 0.118. The summed E-state index contributed by atoms with van der Waals surface area (Å²) in [5, 5.41) is 17.8. The molecule has 0 atom stereocenters. The van der Waals surface area contributed by atoms with E-state index in [9.17, 15) is 5.11 Å². The molecule has 0 aliphatic carbocycles. The molecular formula is C17H13BrN4O2. The Morgan fingerprint density at radius 3 is 2.67 bits per heavy atom. The lowest BCUT2D eigenvalue weighted by Crippen LogP contribution is -2.05. The van der Waals surface area contributed by atoms with Gasteiger partial charge in [-0.05, 0) is 40.2 Å². The fourth-order valence-electron chi connectivity index (χ4n) is 2.62. The monoisotopic (exact) mass is 384 g/mol. The van der Waals surface area contributed by atoms with Crippen molar-refractivity contribution < 1.29 is 9.52 Å². The molecule has 0 unspecified atom stereocenters. The summed E-state index contributed by atoms with van der Waals surface area (Å²) >= 11 is 3.48. The third-order valence-electron chi connectivity index (χ3n) is 3.74. The van der Waals surface area contributed by atoms with E-state index >= 15 is 0 Å². The minimum atomic E-state index is -0.153. The van der Waals surface area contributed by atoms with Crippen molar-refractivity contribution in [3.05, 3.63) is 64.7 Å². The molecule has 2 aromatic heterocycles. The number of benzene rings is 2. The van der Waals surface area contributed by atoms with Crippen LogP contribution in [0.2, 0.25) is 0 Å². The molecule has 0 saturated carbocycles. The Kier molecular flexibility index (Phi) is 3.87. The van der Waals surface area contributed by atoms with Crippen molar-refractivity contribution in [2.45, 2.75) is 13.2 Å². The maximum Gasteiger partial charge on any atom is 0.248 e. The van der Waals surface area contributed by atoms with E-state index < -0.39 is 0 Å². The molecular weight excluding hydrogens is 372 g/mol. The Morgan fingerprint density at radius 2 is 1.83 bits per heavy atom. The first kappa shape index (κ1) is 15.0. The number of rotatable bonds is 4. The summed E-state index contributed by atoms with van der Waals surface area (Å²) in [4.78, 5) is 4.42. The summed E-state index contributed by atoms with van der Waals surface area (Å²) in [6.07, 6.45) is 0. The lowest BCUT2D eigenvalue weighted by Gasteiger charge is -2.04. The van der Waals surface area contributed by atoms with Crippen LogP contribution in [0, 0.1) is 0 Å². The normalized spacial score (nSPS) is 11.2. The van der Waals surface area contributed by atoms with Gasteiger partial charge in [0.25, 0.3) is 0 Å². The first-order valence-corrected chi connectivity index (χ1v) is 8.18. The predicted octanol–water partition coefficient (Wildman–Crippen LogP) is 3.39. The summed E-state index contributed by atoms with van der Waals surface area (Å²) in [5.41, 5.74) is 2.59. The van der Waals surface area contributed by atoms with Gasteiger partial charge in [-0.1, -0.05) is 24.3 Å². The molecule has 4 rings (SSSR count). The molecule has 0 aliphatic rings. The molecule has 0 fully saturated rings. The van der Waals surface area contributed by atoms with E-state index in [-0.39, 0.29) is 6.61 Å². The Hall–Kier alpha value is -2.51. The molecule has 2 heterocycles. The van der Waals surface area contributed by atoms with E-state index in [4.69, 9.17) is 4.42 Å². The maximum absolute atomic E-state index is 9.56. The SMILES string of the molecule is OCc1nc2ccccc2n1Cc1nnc(-c2ccccc2Br)o1. The van der Waals surface area contributed by atoms with Crippen LogP contribution >= 0.6 is 15.9 Å². The Bertz CT molecular complexity index is 1010. The number of nitrogens with zero attached hydrogens (tertiary/aromatic N) is 4. The van der Waals surface area contributed by atoms with Crippen LogP contribution < -0.4 is 0 Å². The highest BCUT2D eigenvalue weighted by atomic mass is 79.9. The Morgan fingerprint density at radius 1 is 1.04 bits per heavy atom. The van der Waals surface area contributed by atoms with Crippen LogP contribution in [0.3, 0.4) is 0 Å². The van der Waals surface area contributed by atoms with E-state index in [1.807, 2.05) is 53.1 Å². The average Bonchev–Trinajstić information content (AvgIpc) is 3.21. The second-order valence-electron chi connectivity index (χ2n) is 5.24. The van der Waals surface area contributed by atoms with Gasteiger partial charge < -0.3 is 14.1 Å². The zero-order valence-corrected chi connectivity index (χ0v) is 14.1. The molecule has 2 aromatic carbocycles. The van der Waals surface area contributed by atoms with Crippen LogP contribution in [-0.4, -0.2) is 24.9 Å². The first-order valence-electron chi connectivity index (χ1n) is 7.38. The number of hydrogen-bond acceptors (Lipinski definition) is 5. The molecule has 7 heteroatoms. The lowest BCUT2D eigenvalue weighted by atomic mass is 10.2. The minimum absolute atomic E-state index is 0.153. The highest BCUT2D eigenvalue weighted by Gasteiger charge is 2.15. The summed E-state index contributed by atoms with van der Waals surface area (Å²) < 4.78 is 8.56. The molecule has 0 bridgehead atoms.